The summed E-state index contributed by atoms with van der Waals surface area (Å²) in [5, 5.41) is 0. The van der Waals surface area contributed by atoms with Crippen molar-refractivity contribution in [2.45, 2.75) is 31.5 Å². The number of nitrogens with zero attached hydrogens (tertiary/aromatic N) is 1. The Morgan fingerprint density at radius 2 is 1.92 bits per heavy atom. The third-order valence-electron chi connectivity index (χ3n) is 3.95. The number of carbonyl (C=O) groups excluding carboxylic acids is 1. The number of benzene rings is 1. The second-order valence-corrected chi connectivity index (χ2v) is 8.36. The molecule has 1 fully saturated rings. The van der Waals surface area contributed by atoms with Crippen LogP contribution >= 0.6 is 0 Å². The molecule has 0 unspecified atom stereocenters. The number of hydrogen-bond donors (Lipinski definition) is 0. The molecule has 25 heavy (non-hydrogen) atoms. The molecule has 1 aromatic carbocycles. The molecule has 1 heterocycles. The van der Waals surface area contributed by atoms with Crippen molar-refractivity contribution in [3.8, 4) is 5.75 Å². The van der Waals surface area contributed by atoms with Crippen molar-refractivity contribution in [1.29, 1.82) is 0 Å². The molecule has 140 valence electrons. The van der Waals surface area contributed by atoms with Crippen LogP contribution in [0.3, 0.4) is 0 Å². The fourth-order valence-electron chi connectivity index (χ4n) is 2.59. The van der Waals surface area contributed by atoms with Gasteiger partial charge in [-0.15, -0.1) is 0 Å². The van der Waals surface area contributed by atoms with Gasteiger partial charge in [0.15, 0.2) is 0 Å². The highest BCUT2D eigenvalue weighted by molar-refractivity contribution is 7.90. The van der Waals surface area contributed by atoms with E-state index in [1.165, 1.54) is 12.1 Å². The molecule has 0 spiro atoms. The highest BCUT2D eigenvalue weighted by Crippen LogP contribution is 2.32. The maximum Gasteiger partial charge on any atom is 0.416 e. The van der Waals surface area contributed by atoms with Crippen LogP contribution in [0, 0.1) is 0 Å². The highest BCUT2D eigenvalue weighted by Gasteiger charge is 2.31. The Kier molecular flexibility index (Phi) is 5.97. The van der Waals surface area contributed by atoms with Gasteiger partial charge in [-0.05, 0) is 18.2 Å². The summed E-state index contributed by atoms with van der Waals surface area (Å²) in [5.74, 6) is -0.272. The van der Waals surface area contributed by atoms with Crippen LogP contribution < -0.4 is 4.74 Å². The second kappa shape index (κ2) is 7.63. The lowest BCUT2D eigenvalue weighted by Gasteiger charge is -2.32. The summed E-state index contributed by atoms with van der Waals surface area (Å²) in [6, 6.07) is 4.71. The number of amides is 1. The molecule has 0 atom stereocenters. The van der Waals surface area contributed by atoms with Gasteiger partial charge in [-0.1, -0.05) is 6.07 Å². The van der Waals surface area contributed by atoms with E-state index in [9.17, 15) is 26.4 Å². The number of likely N-dealkylation sites (tertiary alicyclic amines) is 1. The maximum atomic E-state index is 12.7. The molecule has 1 aliphatic heterocycles. The van der Waals surface area contributed by atoms with E-state index in [0.29, 0.717) is 25.9 Å². The van der Waals surface area contributed by atoms with Crippen LogP contribution in [0.4, 0.5) is 13.2 Å². The van der Waals surface area contributed by atoms with Gasteiger partial charge in [0.05, 0.1) is 11.3 Å². The monoisotopic (exact) mass is 379 g/mol. The largest absolute Gasteiger partial charge is 0.490 e. The molecule has 0 radical (unpaired) electrons. The van der Waals surface area contributed by atoms with E-state index in [0.717, 1.165) is 18.4 Å². The van der Waals surface area contributed by atoms with Crippen molar-refractivity contribution >= 4 is 15.7 Å². The Bertz CT molecular complexity index is 710. The average molecular weight is 379 g/mol. The SMILES string of the molecule is CS(=O)(=O)CCC(=O)N1CCC(Oc2cccc(C(F)(F)F)c2)CC1. The molecule has 0 aliphatic carbocycles. The van der Waals surface area contributed by atoms with Gasteiger partial charge in [-0.2, -0.15) is 13.2 Å². The van der Waals surface area contributed by atoms with Crippen LogP contribution in [0.1, 0.15) is 24.8 Å². The van der Waals surface area contributed by atoms with Crippen molar-refractivity contribution < 1.29 is 31.1 Å². The van der Waals surface area contributed by atoms with Crippen LogP contribution in [-0.2, 0) is 20.8 Å². The molecule has 9 heteroatoms. The van der Waals surface area contributed by atoms with Crippen molar-refractivity contribution in [2.24, 2.45) is 0 Å². The molecule has 1 saturated heterocycles. The number of sulfone groups is 1. The first-order valence-electron chi connectivity index (χ1n) is 7.84. The van der Waals surface area contributed by atoms with E-state index < -0.39 is 21.6 Å². The number of hydrogen-bond acceptors (Lipinski definition) is 4. The number of ether oxygens (including phenoxy) is 1. The Morgan fingerprint density at radius 3 is 2.48 bits per heavy atom. The Hall–Kier alpha value is -1.77. The van der Waals surface area contributed by atoms with E-state index in [1.54, 1.807) is 4.90 Å². The minimum absolute atomic E-state index is 0.0576. The number of halogens is 3. The molecule has 0 saturated carbocycles. The standard InChI is InChI=1S/C16H20F3NO4S/c1-25(22,23)10-7-15(21)20-8-5-13(6-9-20)24-14-4-2-3-12(11-14)16(17,18)19/h2-4,11,13H,5-10H2,1H3. The van der Waals surface area contributed by atoms with E-state index in [4.69, 9.17) is 4.74 Å². The fraction of sp³-hybridized carbons (Fsp3) is 0.562. The van der Waals surface area contributed by atoms with Crippen LogP contribution in [0.25, 0.3) is 0 Å². The van der Waals surface area contributed by atoms with Gasteiger partial charge in [0, 0.05) is 38.6 Å². The Morgan fingerprint density at radius 1 is 1.28 bits per heavy atom. The smallest absolute Gasteiger partial charge is 0.416 e. The van der Waals surface area contributed by atoms with Gasteiger partial charge >= 0.3 is 6.18 Å². The van der Waals surface area contributed by atoms with Crippen LogP contribution in [0.15, 0.2) is 24.3 Å². The molecule has 0 aromatic heterocycles. The molecule has 5 nitrogen and oxygen atoms in total. The van der Waals surface area contributed by atoms with E-state index in [1.807, 2.05) is 0 Å². The summed E-state index contributed by atoms with van der Waals surface area (Å²) in [5.41, 5.74) is -0.765. The van der Waals surface area contributed by atoms with Gasteiger partial charge in [0.25, 0.3) is 0 Å². The molecule has 0 N–H and O–H groups in total. The molecule has 0 bridgehead atoms. The lowest BCUT2D eigenvalue weighted by molar-refractivity contribution is -0.138. The molecule has 1 aliphatic rings. The molecule has 2 rings (SSSR count). The van der Waals surface area contributed by atoms with E-state index in [2.05, 4.69) is 0 Å². The molecule has 1 amide bonds. The van der Waals surface area contributed by atoms with E-state index >= 15 is 0 Å². The number of rotatable bonds is 5. The van der Waals surface area contributed by atoms with Gasteiger partial charge in [0.2, 0.25) is 5.91 Å². The third kappa shape index (κ3) is 6.22. The highest BCUT2D eigenvalue weighted by atomic mass is 32.2. The first-order valence-corrected chi connectivity index (χ1v) is 9.90. The van der Waals surface area contributed by atoms with Gasteiger partial charge in [0.1, 0.15) is 21.7 Å². The first-order chi connectivity index (χ1) is 11.5. The zero-order chi connectivity index (χ0) is 18.7. The predicted molar refractivity (Wildman–Crippen MR) is 86.0 cm³/mol. The van der Waals surface area contributed by atoms with Crippen molar-refractivity contribution in [3.63, 3.8) is 0 Å². The minimum Gasteiger partial charge on any atom is -0.490 e. The third-order valence-corrected chi connectivity index (χ3v) is 4.89. The van der Waals surface area contributed by atoms with Crippen LogP contribution in [0.2, 0.25) is 0 Å². The quantitative estimate of drug-likeness (QED) is 0.789. The normalized spacial score (nSPS) is 16.7. The topological polar surface area (TPSA) is 63.7 Å². The average Bonchev–Trinajstić information content (AvgIpc) is 2.52. The Labute approximate surface area is 144 Å². The minimum atomic E-state index is -4.42. The molecule has 1 aromatic rings. The first kappa shape index (κ1) is 19.6. The summed E-state index contributed by atoms with van der Waals surface area (Å²) in [6.07, 6.45) is -2.70. The van der Waals surface area contributed by atoms with Gasteiger partial charge in [-0.25, -0.2) is 8.42 Å². The zero-order valence-electron chi connectivity index (χ0n) is 13.8. The van der Waals surface area contributed by atoms with Crippen LogP contribution in [0.5, 0.6) is 5.75 Å². The van der Waals surface area contributed by atoms with E-state index in [-0.39, 0.29) is 29.9 Å². The lowest BCUT2D eigenvalue weighted by atomic mass is 10.1. The fourth-order valence-corrected chi connectivity index (χ4v) is 3.14. The number of alkyl halides is 3. The predicted octanol–water partition coefficient (Wildman–Crippen LogP) is 2.51. The Balaban J connectivity index is 1.85. The van der Waals surface area contributed by atoms with Crippen LogP contribution in [-0.4, -0.2) is 50.4 Å². The second-order valence-electron chi connectivity index (χ2n) is 6.10. The summed E-state index contributed by atoms with van der Waals surface area (Å²) in [7, 11) is -3.19. The molecular weight excluding hydrogens is 359 g/mol. The summed E-state index contributed by atoms with van der Waals surface area (Å²) in [6.45, 7) is 0.790. The summed E-state index contributed by atoms with van der Waals surface area (Å²) >= 11 is 0. The van der Waals surface area contributed by atoms with Crippen molar-refractivity contribution in [2.75, 3.05) is 25.1 Å². The number of piperidine rings is 1. The lowest BCUT2D eigenvalue weighted by Crippen LogP contribution is -2.42. The van der Waals surface area contributed by atoms with Crippen molar-refractivity contribution in [1.82, 2.24) is 4.90 Å². The zero-order valence-corrected chi connectivity index (χ0v) is 14.6. The number of carbonyl (C=O) groups is 1. The van der Waals surface area contributed by atoms with Gasteiger partial charge < -0.3 is 9.64 Å². The molecular formula is C16H20F3NO4S. The summed E-state index contributed by atoms with van der Waals surface area (Å²) < 4.78 is 65.9. The van der Waals surface area contributed by atoms with Crippen molar-refractivity contribution in [3.05, 3.63) is 29.8 Å². The summed E-state index contributed by atoms with van der Waals surface area (Å²) in [4.78, 5) is 13.5. The van der Waals surface area contributed by atoms with Gasteiger partial charge in [-0.3, -0.25) is 4.79 Å². The maximum absolute atomic E-state index is 12.7.